The van der Waals surface area contributed by atoms with Crippen LogP contribution in [0.2, 0.25) is 0 Å². The Labute approximate surface area is 112 Å². The number of hydrogen-bond donors (Lipinski definition) is 3. The van der Waals surface area contributed by atoms with Gasteiger partial charge in [0.2, 0.25) is 5.91 Å². The molecule has 0 saturated heterocycles. The Bertz CT molecular complexity index is 490. The van der Waals surface area contributed by atoms with Gasteiger partial charge in [-0.2, -0.15) is 0 Å². The van der Waals surface area contributed by atoms with Crippen molar-refractivity contribution in [1.82, 2.24) is 0 Å². The standard InChI is InChI=1S/C14H20N2O3/c1-9-8-10(13(18)19)4-5-11(9)16-12(17)6-7-14(2,3)15/h4-5,8H,6-7,15H2,1-3H3,(H,16,17)(H,18,19). The zero-order chi connectivity index (χ0) is 14.6. The highest BCUT2D eigenvalue weighted by molar-refractivity contribution is 5.93. The van der Waals surface area contributed by atoms with Crippen LogP contribution in [0.3, 0.4) is 0 Å². The van der Waals surface area contributed by atoms with E-state index in [0.717, 1.165) is 5.56 Å². The number of hydrogen-bond acceptors (Lipinski definition) is 3. The summed E-state index contributed by atoms with van der Waals surface area (Å²) in [4.78, 5) is 22.5. The number of aromatic carboxylic acids is 1. The summed E-state index contributed by atoms with van der Waals surface area (Å²) >= 11 is 0. The van der Waals surface area contributed by atoms with Gasteiger partial charge in [-0.15, -0.1) is 0 Å². The molecule has 5 nitrogen and oxygen atoms in total. The van der Waals surface area contributed by atoms with Gasteiger partial charge < -0.3 is 16.2 Å². The van der Waals surface area contributed by atoms with Gasteiger partial charge in [-0.1, -0.05) is 0 Å². The molecular weight excluding hydrogens is 244 g/mol. The number of nitrogens with one attached hydrogen (secondary N) is 1. The van der Waals surface area contributed by atoms with Gasteiger partial charge in [-0.25, -0.2) is 4.79 Å². The second-order valence-electron chi connectivity index (χ2n) is 5.37. The molecule has 0 spiro atoms. The average molecular weight is 264 g/mol. The Morgan fingerprint density at radius 3 is 2.47 bits per heavy atom. The summed E-state index contributed by atoms with van der Waals surface area (Å²) in [5.41, 5.74) is 7.00. The predicted octanol–water partition coefficient (Wildman–Crippen LogP) is 2.15. The zero-order valence-electron chi connectivity index (χ0n) is 11.5. The van der Waals surface area contributed by atoms with Crippen LogP contribution >= 0.6 is 0 Å². The highest BCUT2D eigenvalue weighted by Gasteiger charge is 2.14. The molecule has 19 heavy (non-hydrogen) atoms. The number of anilines is 1. The molecule has 1 rings (SSSR count). The first kappa shape index (κ1) is 15.2. The van der Waals surface area contributed by atoms with Crippen molar-refractivity contribution in [3.8, 4) is 0 Å². The van der Waals surface area contributed by atoms with E-state index in [4.69, 9.17) is 10.8 Å². The van der Waals surface area contributed by atoms with E-state index in [2.05, 4.69) is 5.32 Å². The Morgan fingerprint density at radius 2 is 2.00 bits per heavy atom. The predicted molar refractivity (Wildman–Crippen MR) is 74.3 cm³/mol. The van der Waals surface area contributed by atoms with Crippen LogP contribution in [0.15, 0.2) is 18.2 Å². The summed E-state index contributed by atoms with van der Waals surface area (Å²) in [6, 6.07) is 4.60. The summed E-state index contributed by atoms with van der Waals surface area (Å²) in [5.74, 6) is -1.10. The van der Waals surface area contributed by atoms with E-state index in [-0.39, 0.29) is 17.0 Å². The Morgan fingerprint density at radius 1 is 1.37 bits per heavy atom. The fraction of sp³-hybridized carbons (Fsp3) is 0.429. The van der Waals surface area contributed by atoms with E-state index in [1.54, 1.807) is 13.0 Å². The molecule has 1 aromatic carbocycles. The van der Waals surface area contributed by atoms with Gasteiger partial charge in [0.25, 0.3) is 0 Å². The molecule has 0 atom stereocenters. The number of nitrogens with two attached hydrogens (primary N) is 1. The van der Waals surface area contributed by atoms with Crippen LogP contribution in [-0.4, -0.2) is 22.5 Å². The van der Waals surface area contributed by atoms with Crippen molar-refractivity contribution in [2.75, 3.05) is 5.32 Å². The molecular formula is C14H20N2O3. The van der Waals surface area contributed by atoms with E-state index < -0.39 is 5.97 Å². The summed E-state index contributed by atoms with van der Waals surface area (Å²) in [6.45, 7) is 5.50. The second-order valence-corrected chi connectivity index (χ2v) is 5.37. The van der Waals surface area contributed by atoms with Gasteiger partial charge in [-0.05, 0) is 51.0 Å². The molecule has 5 heteroatoms. The number of carbonyl (C=O) groups excluding carboxylic acids is 1. The van der Waals surface area contributed by atoms with Crippen molar-refractivity contribution >= 4 is 17.6 Å². The van der Waals surface area contributed by atoms with Gasteiger partial charge in [0.15, 0.2) is 0 Å². The second kappa shape index (κ2) is 5.84. The zero-order valence-corrected chi connectivity index (χ0v) is 11.5. The maximum Gasteiger partial charge on any atom is 0.335 e. The molecule has 0 saturated carbocycles. The number of carboxylic acid groups (broad SMARTS) is 1. The molecule has 4 N–H and O–H groups in total. The number of carbonyl (C=O) groups is 2. The van der Waals surface area contributed by atoms with E-state index in [1.807, 2.05) is 13.8 Å². The molecule has 0 aliphatic carbocycles. The first-order valence-corrected chi connectivity index (χ1v) is 6.12. The average Bonchev–Trinajstić information content (AvgIpc) is 2.28. The lowest BCUT2D eigenvalue weighted by Gasteiger charge is -2.18. The third-order valence-corrected chi connectivity index (χ3v) is 2.74. The fourth-order valence-electron chi connectivity index (χ4n) is 1.59. The van der Waals surface area contributed by atoms with Crippen LogP contribution in [0, 0.1) is 6.92 Å². The molecule has 0 aliphatic rings. The lowest BCUT2D eigenvalue weighted by Crippen LogP contribution is -2.33. The van der Waals surface area contributed by atoms with Gasteiger partial charge in [-0.3, -0.25) is 4.79 Å². The van der Waals surface area contributed by atoms with E-state index in [0.29, 0.717) is 18.5 Å². The Hall–Kier alpha value is -1.88. The maximum atomic E-state index is 11.7. The van der Waals surface area contributed by atoms with Crippen LogP contribution < -0.4 is 11.1 Å². The van der Waals surface area contributed by atoms with Gasteiger partial charge in [0, 0.05) is 17.6 Å². The number of benzene rings is 1. The summed E-state index contributed by atoms with van der Waals surface area (Å²) < 4.78 is 0. The molecule has 104 valence electrons. The lowest BCUT2D eigenvalue weighted by atomic mass is 10.00. The van der Waals surface area contributed by atoms with Crippen LogP contribution in [0.25, 0.3) is 0 Å². The Kier molecular flexibility index (Phi) is 4.67. The van der Waals surface area contributed by atoms with E-state index >= 15 is 0 Å². The van der Waals surface area contributed by atoms with Crippen LogP contribution in [0.5, 0.6) is 0 Å². The molecule has 0 unspecified atom stereocenters. The summed E-state index contributed by atoms with van der Waals surface area (Å²) in [6.07, 6.45) is 0.925. The fourth-order valence-corrected chi connectivity index (χ4v) is 1.59. The molecule has 0 fully saturated rings. The molecule has 0 bridgehead atoms. The van der Waals surface area contributed by atoms with E-state index in [9.17, 15) is 9.59 Å². The third-order valence-electron chi connectivity index (χ3n) is 2.74. The highest BCUT2D eigenvalue weighted by atomic mass is 16.4. The normalized spacial score (nSPS) is 11.2. The number of amides is 1. The van der Waals surface area contributed by atoms with Crippen molar-refractivity contribution in [2.45, 2.75) is 39.2 Å². The Balaban J connectivity index is 2.67. The van der Waals surface area contributed by atoms with Gasteiger partial charge in [0.1, 0.15) is 0 Å². The lowest BCUT2D eigenvalue weighted by molar-refractivity contribution is -0.116. The van der Waals surface area contributed by atoms with E-state index in [1.165, 1.54) is 12.1 Å². The molecule has 0 radical (unpaired) electrons. The molecule has 0 aliphatic heterocycles. The first-order valence-electron chi connectivity index (χ1n) is 6.12. The summed E-state index contributed by atoms with van der Waals surface area (Å²) in [7, 11) is 0. The van der Waals surface area contributed by atoms with Crippen molar-refractivity contribution in [1.29, 1.82) is 0 Å². The number of carboxylic acids is 1. The smallest absolute Gasteiger partial charge is 0.335 e. The largest absolute Gasteiger partial charge is 0.478 e. The maximum absolute atomic E-state index is 11.7. The van der Waals surface area contributed by atoms with Crippen LogP contribution in [-0.2, 0) is 4.79 Å². The first-order chi connectivity index (χ1) is 8.69. The number of rotatable bonds is 5. The van der Waals surface area contributed by atoms with Gasteiger partial charge >= 0.3 is 5.97 Å². The third kappa shape index (κ3) is 5.09. The molecule has 0 aromatic heterocycles. The minimum atomic E-state index is -0.981. The molecule has 1 amide bonds. The van der Waals surface area contributed by atoms with Gasteiger partial charge in [0.05, 0.1) is 5.56 Å². The van der Waals surface area contributed by atoms with Crippen molar-refractivity contribution < 1.29 is 14.7 Å². The summed E-state index contributed by atoms with van der Waals surface area (Å²) in [5, 5.41) is 11.6. The van der Waals surface area contributed by atoms with Crippen molar-refractivity contribution in [3.63, 3.8) is 0 Å². The van der Waals surface area contributed by atoms with Crippen molar-refractivity contribution in [2.24, 2.45) is 5.73 Å². The van der Waals surface area contributed by atoms with Crippen LogP contribution in [0.4, 0.5) is 5.69 Å². The number of aryl methyl sites for hydroxylation is 1. The highest BCUT2D eigenvalue weighted by Crippen LogP contribution is 2.17. The minimum Gasteiger partial charge on any atom is -0.478 e. The minimum absolute atomic E-state index is 0.121. The quantitative estimate of drug-likeness (QED) is 0.759. The monoisotopic (exact) mass is 264 g/mol. The van der Waals surface area contributed by atoms with Crippen LogP contribution in [0.1, 0.15) is 42.6 Å². The SMILES string of the molecule is Cc1cc(C(=O)O)ccc1NC(=O)CCC(C)(C)N. The molecule has 0 heterocycles. The topological polar surface area (TPSA) is 92.4 Å². The van der Waals surface area contributed by atoms with Crippen molar-refractivity contribution in [3.05, 3.63) is 29.3 Å². The molecule has 1 aromatic rings.